The summed E-state index contributed by atoms with van der Waals surface area (Å²) < 4.78 is 37.9. The van der Waals surface area contributed by atoms with Gasteiger partial charge in [-0.2, -0.15) is 13.2 Å². The molecule has 1 unspecified atom stereocenters. The zero-order chi connectivity index (χ0) is 14.8. The van der Waals surface area contributed by atoms with Crippen LogP contribution in [0.4, 0.5) is 13.2 Å². The summed E-state index contributed by atoms with van der Waals surface area (Å²) in [7, 11) is 0. The number of rotatable bonds is 4. The molecule has 0 spiro atoms. The van der Waals surface area contributed by atoms with Crippen molar-refractivity contribution in [2.24, 2.45) is 0 Å². The summed E-state index contributed by atoms with van der Waals surface area (Å²) in [5.74, 6) is 0. The minimum absolute atomic E-state index is 0.366. The van der Waals surface area contributed by atoms with Crippen molar-refractivity contribution in [3.8, 4) is 0 Å². The fourth-order valence-corrected chi connectivity index (χ4v) is 2.75. The van der Waals surface area contributed by atoms with Gasteiger partial charge >= 0.3 is 6.18 Å². The molecule has 1 atom stereocenters. The van der Waals surface area contributed by atoms with Crippen LogP contribution in [-0.2, 0) is 6.18 Å². The van der Waals surface area contributed by atoms with E-state index in [1.807, 2.05) is 19.9 Å². The third-order valence-corrected chi connectivity index (χ3v) is 3.89. The second-order valence-electron chi connectivity index (χ2n) is 4.26. The third-order valence-electron chi connectivity index (χ3n) is 2.78. The van der Waals surface area contributed by atoms with Crippen LogP contribution in [0.2, 0.25) is 0 Å². The smallest absolute Gasteiger partial charge is 0.305 e. The lowest BCUT2D eigenvalue weighted by atomic mass is 10.1. The van der Waals surface area contributed by atoms with E-state index in [0.29, 0.717) is 22.8 Å². The van der Waals surface area contributed by atoms with E-state index in [-0.39, 0.29) is 6.04 Å². The van der Waals surface area contributed by atoms with Crippen molar-refractivity contribution in [3.05, 3.63) is 45.7 Å². The van der Waals surface area contributed by atoms with Gasteiger partial charge in [0.2, 0.25) is 0 Å². The number of alkyl halides is 3. The Kier molecular flexibility index (Phi) is 4.39. The fraction of sp³-hybridized carbons (Fsp3) is 0.385. The van der Waals surface area contributed by atoms with Crippen LogP contribution < -0.4 is 5.32 Å². The molecule has 20 heavy (non-hydrogen) atoms. The number of nitrogens with one attached hydrogen (secondary N) is 1. The van der Waals surface area contributed by atoms with Crippen molar-refractivity contribution >= 4 is 11.3 Å². The van der Waals surface area contributed by atoms with E-state index >= 15 is 0 Å². The Hall–Kier alpha value is -1.47. The molecule has 0 aliphatic carbocycles. The van der Waals surface area contributed by atoms with E-state index in [9.17, 15) is 13.2 Å². The maximum absolute atomic E-state index is 12.6. The van der Waals surface area contributed by atoms with Crippen LogP contribution in [0.1, 0.15) is 34.1 Å². The Morgan fingerprint density at radius 3 is 2.65 bits per heavy atom. The molecule has 0 aliphatic heterocycles. The van der Waals surface area contributed by atoms with Crippen molar-refractivity contribution < 1.29 is 13.2 Å². The Morgan fingerprint density at radius 2 is 2.10 bits per heavy atom. The third kappa shape index (κ3) is 3.16. The predicted molar refractivity (Wildman–Crippen MR) is 71.6 cm³/mol. The molecule has 0 radical (unpaired) electrons. The number of halogens is 3. The molecule has 0 saturated carbocycles. The molecule has 2 rings (SSSR count). The van der Waals surface area contributed by atoms with Gasteiger partial charge in [0.1, 0.15) is 0 Å². The molecule has 0 aliphatic rings. The van der Waals surface area contributed by atoms with Crippen molar-refractivity contribution in [1.82, 2.24) is 15.3 Å². The lowest BCUT2D eigenvalue weighted by Gasteiger charge is -2.17. The summed E-state index contributed by atoms with van der Waals surface area (Å²) in [4.78, 5) is 8.27. The molecule has 0 aromatic carbocycles. The van der Waals surface area contributed by atoms with Crippen LogP contribution in [0.3, 0.4) is 0 Å². The van der Waals surface area contributed by atoms with Gasteiger partial charge < -0.3 is 5.32 Å². The van der Waals surface area contributed by atoms with E-state index in [4.69, 9.17) is 0 Å². The maximum Gasteiger partial charge on any atom is 0.443 e. The minimum atomic E-state index is -4.40. The van der Waals surface area contributed by atoms with Crippen molar-refractivity contribution in [1.29, 1.82) is 0 Å². The fourth-order valence-electron chi connectivity index (χ4n) is 1.89. The highest BCUT2D eigenvalue weighted by atomic mass is 32.1. The standard InChI is InChI=1S/C13H14F3N3S/c1-3-17-11(10-8(2)5-4-6-18-10)9-7-19-12(20-9)13(14,15)16/h4-7,11,17H,3H2,1-2H3. The number of aromatic nitrogens is 2. The molecular weight excluding hydrogens is 287 g/mol. The summed E-state index contributed by atoms with van der Waals surface area (Å²) in [5.41, 5.74) is 1.66. The molecular formula is C13H14F3N3S. The van der Waals surface area contributed by atoms with Gasteiger partial charge in [-0.1, -0.05) is 13.0 Å². The molecule has 1 N–H and O–H groups in total. The average Bonchev–Trinajstić information content (AvgIpc) is 2.86. The first kappa shape index (κ1) is 14.9. The van der Waals surface area contributed by atoms with Crippen molar-refractivity contribution in [2.45, 2.75) is 26.1 Å². The first-order valence-electron chi connectivity index (χ1n) is 6.11. The quantitative estimate of drug-likeness (QED) is 0.938. The van der Waals surface area contributed by atoms with Crippen LogP contribution in [0.15, 0.2) is 24.5 Å². The SMILES string of the molecule is CCNC(c1cnc(C(F)(F)F)s1)c1ncccc1C. The van der Waals surface area contributed by atoms with Gasteiger partial charge in [0, 0.05) is 17.3 Å². The van der Waals surface area contributed by atoms with Crippen LogP contribution in [0, 0.1) is 6.92 Å². The Bertz CT molecular complexity index is 580. The average molecular weight is 301 g/mol. The van der Waals surface area contributed by atoms with Crippen LogP contribution in [0.25, 0.3) is 0 Å². The topological polar surface area (TPSA) is 37.8 Å². The number of thiazole rings is 1. The number of aryl methyl sites for hydroxylation is 1. The summed E-state index contributed by atoms with van der Waals surface area (Å²) in [6.45, 7) is 4.41. The lowest BCUT2D eigenvalue weighted by molar-refractivity contribution is -0.137. The predicted octanol–water partition coefficient (Wildman–Crippen LogP) is 3.56. The molecule has 3 nitrogen and oxygen atoms in total. The van der Waals surface area contributed by atoms with Crippen LogP contribution in [0.5, 0.6) is 0 Å². The number of hydrogen-bond acceptors (Lipinski definition) is 4. The van der Waals surface area contributed by atoms with E-state index in [1.165, 1.54) is 6.20 Å². The molecule has 0 amide bonds. The second kappa shape index (κ2) is 5.88. The molecule has 0 fully saturated rings. The van der Waals surface area contributed by atoms with Crippen molar-refractivity contribution in [3.63, 3.8) is 0 Å². The highest BCUT2D eigenvalue weighted by molar-refractivity contribution is 7.11. The Balaban J connectivity index is 2.39. The molecule has 2 aromatic rings. The second-order valence-corrected chi connectivity index (χ2v) is 5.32. The molecule has 108 valence electrons. The molecule has 2 heterocycles. The highest BCUT2D eigenvalue weighted by Gasteiger charge is 2.35. The van der Waals surface area contributed by atoms with Crippen LogP contribution >= 0.6 is 11.3 Å². The first-order chi connectivity index (χ1) is 9.43. The van der Waals surface area contributed by atoms with Gasteiger partial charge in [0.05, 0.1) is 11.7 Å². The Labute approximate surface area is 118 Å². The number of nitrogens with zero attached hydrogens (tertiary/aromatic N) is 2. The minimum Gasteiger partial charge on any atom is -0.305 e. The van der Waals surface area contributed by atoms with E-state index < -0.39 is 11.2 Å². The maximum atomic E-state index is 12.6. The van der Waals surface area contributed by atoms with Gasteiger partial charge in [-0.15, -0.1) is 11.3 Å². The molecule has 0 bridgehead atoms. The van der Waals surface area contributed by atoms with Gasteiger partial charge in [0.15, 0.2) is 5.01 Å². The lowest BCUT2D eigenvalue weighted by Crippen LogP contribution is -2.23. The van der Waals surface area contributed by atoms with E-state index in [1.54, 1.807) is 12.3 Å². The normalized spacial score (nSPS) is 13.4. The van der Waals surface area contributed by atoms with Gasteiger partial charge in [0.25, 0.3) is 0 Å². The monoisotopic (exact) mass is 301 g/mol. The van der Waals surface area contributed by atoms with E-state index in [2.05, 4.69) is 15.3 Å². The highest BCUT2D eigenvalue weighted by Crippen LogP contribution is 2.36. The summed E-state index contributed by atoms with van der Waals surface area (Å²) in [6, 6.07) is 3.32. The zero-order valence-electron chi connectivity index (χ0n) is 11.0. The number of pyridine rings is 1. The number of hydrogen-bond donors (Lipinski definition) is 1. The molecule has 0 saturated heterocycles. The van der Waals surface area contributed by atoms with Gasteiger partial charge in [-0.3, -0.25) is 4.98 Å². The van der Waals surface area contributed by atoms with Gasteiger partial charge in [-0.05, 0) is 25.1 Å². The summed E-state index contributed by atoms with van der Waals surface area (Å²) >= 11 is 0.653. The largest absolute Gasteiger partial charge is 0.443 e. The summed E-state index contributed by atoms with van der Waals surface area (Å²) in [6.07, 6.45) is -1.49. The van der Waals surface area contributed by atoms with Crippen molar-refractivity contribution in [2.75, 3.05) is 6.54 Å². The molecule has 2 aromatic heterocycles. The zero-order valence-corrected chi connectivity index (χ0v) is 11.8. The molecule has 7 heteroatoms. The van der Waals surface area contributed by atoms with Gasteiger partial charge in [-0.25, -0.2) is 4.98 Å². The Morgan fingerprint density at radius 1 is 1.35 bits per heavy atom. The van der Waals surface area contributed by atoms with E-state index in [0.717, 1.165) is 11.3 Å². The first-order valence-corrected chi connectivity index (χ1v) is 6.93. The van der Waals surface area contributed by atoms with Crippen LogP contribution in [-0.4, -0.2) is 16.5 Å². The summed E-state index contributed by atoms with van der Waals surface area (Å²) in [5, 5.41) is 2.33.